The average molecular weight is 349 g/mol. The Morgan fingerprint density at radius 3 is 2.84 bits per heavy atom. The van der Waals surface area contributed by atoms with Crippen LogP contribution in [0.1, 0.15) is 33.1 Å². The highest BCUT2D eigenvalue weighted by atomic mass is 16.5. The number of methoxy groups -OCH3 is 2. The third kappa shape index (κ3) is 5.61. The van der Waals surface area contributed by atoms with Crippen molar-refractivity contribution in [1.29, 1.82) is 0 Å². The van der Waals surface area contributed by atoms with Gasteiger partial charge in [0.25, 0.3) is 0 Å². The topological polar surface area (TPSA) is 62.8 Å². The molecule has 1 aliphatic heterocycles. The van der Waals surface area contributed by atoms with E-state index in [0.717, 1.165) is 13.1 Å². The number of ether oxygens (including phenoxy) is 2. The molecule has 1 aliphatic rings. The zero-order chi connectivity index (χ0) is 18.2. The monoisotopic (exact) mass is 349 g/mol. The van der Waals surface area contributed by atoms with Crippen molar-refractivity contribution in [3.63, 3.8) is 0 Å². The van der Waals surface area contributed by atoms with Crippen molar-refractivity contribution in [3.8, 4) is 11.5 Å². The van der Waals surface area contributed by atoms with Crippen molar-refractivity contribution in [2.24, 2.45) is 0 Å². The van der Waals surface area contributed by atoms with E-state index in [1.165, 1.54) is 19.4 Å². The molecule has 0 aromatic heterocycles. The van der Waals surface area contributed by atoms with Crippen molar-refractivity contribution in [3.05, 3.63) is 18.2 Å². The fraction of sp³-hybridized carbons (Fsp3) is 0.632. The molecule has 1 aromatic rings. The van der Waals surface area contributed by atoms with Crippen LogP contribution in [0.5, 0.6) is 11.5 Å². The number of rotatable bonds is 9. The molecule has 0 aliphatic carbocycles. The number of anilines is 1. The van der Waals surface area contributed by atoms with Gasteiger partial charge in [-0.1, -0.05) is 6.92 Å². The lowest BCUT2D eigenvalue weighted by Gasteiger charge is -2.25. The van der Waals surface area contributed by atoms with Crippen LogP contribution in [-0.4, -0.2) is 56.7 Å². The summed E-state index contributed by atoms with van der Waals surface area (Å²) in [5.74, 6) is 1.27. The number of likely N-dealkylation sites (tertiary alicyclic amines) is 1. The Morgan fingerprint density at radius 2 is 2.16 bits per heavy atom. The molecule has 2 unspecified atom stereocenters. The smallest absolute Gasteiger partial charge is 0.226 e. The number of nitrogens with one attached hydrogen (secondary N) is 2. The van der Waals surface area contributed by atoms with E-state index in [9.17, 15) is 4.79 Å². The lowest BCUT2D eigenvalue weighted by Crippen LogP contribution is -2.41. The summed E-state index contributed by atoms with van der Waals surface area (Å²) in [6, 6.07) is 6.08. The Balaban J connectivity index is 1.83. The van der Waals surface area contributed by atoms with Gasteiger partial charge in [-0.05, 0) is 45.0 Å². The van der Waals surface area contributed by atoms with Gasteiger partial charge in [-0.2, -0.15) is 0 Å². The van der Waals surface area contributed by atoms with E-state index < -0.39 is 0 Å². The SMILES string of the molecule is CCN1CCCC1CNC(C)CC(=O)Nc1cc(OC)ccc1OC. The van der Waals surface area contributed by atoms with Gasteiger partial charge in [0, 0.05) is 31.1 Å². The van der Waals surface area contributed by atoms with E-state index in [0.29, 0.717) is 29.6 Å². The van der Waals surface area contributed by atoms with Crippen LogP contribution in [0.3, 0.4) is 0 Å². The number of likely N-dealkylation sites (N-methyl/N-ethyl adjacent to an activating group) is 1. The van der Waals surface area contributed by atoms with E-state index in [1.54, 1.807) is 32.4 Å². The molecule has 0 radical (unpaired) electrons. The summed E-state index contributed by atoms with van der Waals surface area (Å²) in [5.41, 5.74) is 0.631. The van der Waals surface area contributed by atoms with Crippen molar-refractivity contribution < 1.29 is 14.3 Å². The molecule has 2 rings (SSSR count). The van der Waals surface area contributed by atoms with E-state index in [4.69, 9.17) is 9.47 Å². The van der Waals surface area contributed by atoms with Crippen LogP contribution >= 0.6 is 0 Å². The molecule has 2 N–H and O–H groups in total. The maximum Gasteiger partial charge on any atom is 0.226 e. The van der Waals surface area contributed by atoms with Crippen molar-refractivity contribution in [2.75, 3.05) is 39.2 Å². The first-order valence-corrected chi connectivity index (χ1v) is 9.06. The molecule has 1 fully saturated rings. The predicted octanol–water partition coefficient (Wildman–Crippen LogP) is 2.49. The molecule has 1 saturated heterocycles. The number of nitrogens with zero attached hydrogens (tertiary/aromatic N) is 1. The molecular weight excluding hydrogens is 318 g/mol. The summed E-state index contributed by atoms with van der Waals surface area (Å²) in [7, 11) is 3.19. The zero-order valence-electron chi connectivity index (χ0n) is 15.8. The minimum atomic E-state index is -0.0367. The van der Waals surface area contributed by atoms with Gasteiger partial charge in [-0.25, -0.2) is 0 Å². The van der Waals surface area contributed by atoms with Crippen LogP contribution in [0.15, 0.2) is 18.2 Å². The molecule has 0 saturated carbocycles. The predicted molar refractivity (Wildman–Crippen MR) is 101 cm³/mol. The van der Waals surface area contributed by atoms with Crippen LogP contribution in [0.2, 0.25) is 0 Å². The second-order valence-corrected chi connectivity index (χ2v) is 6.55. The van der Waals surface area contributed by atoms with E-state index in [2.05, 4.69) is 22.5 Å². The molecule has 1 amide bonds. The van der Waals surface area contributed by atoms with Crippen LogP contribution in [-0.2, 0) is 4.79 Å². The first-order chi connectivity index (χ1) is 12.1. The molecule has 140 valence electrons. The van der Waals surface area contributed by atoms with Gasteiger partial charge in [-0.3, -0.25) is 9.69 Å². The molecular formula is C19H31N3O3. The second-order valence-electron chi connectivity index (χ2n) is 6.55. The zero-order valence-corrected chi connectivity index (χ0v) is 15.8. The second kappa shape index (κ2) is 9.63. The summed E-state index contributed by atoms with van der Waals surface area (Å²) >= 11 is 0. The van der Waals surface area contributed by atoms with Crippen LogP contribution < -0.4 is 20.1 Å². The van der Waals surface area contributed by atoms with Crippen LogP contribution in [0.4, 0.5) is 5.69 Å². The third-order valence-corrected chi connectivity index (χ3v) is 4.78. The quantitative estimate of drug-likeness (QED) is 0.717. The van der Waals surface area contributed by atoms with E-state index >= 15 is 0 Å². The highest BCUT2D eigenvalue weighted by molar-refractivity contribution is 5.92. The van der Waals surface area contributed by atoms with E-state index in [1.807, 2.05) is 6.92 Å². The fourth-order valence-corrected chi connectivity index (χ4v) is 3.34. The van der Waals surface area contributed by atoms with Gasteiger partial charge < -0.3 is 20.1 Å². The van der Waals surface area contributed by atoms with Crippen LogP contribution in [0.25, 0.3) is 0 Å². The maximum atomic E-state index is 12.3. The van der Waals surface area contributed by atoms with E-state index in [-0.39, 0.29) is 11.9 Å². The van der Waals surface area contributed by atoms with Crippen molar-refractivity contribution in [2.45, 2.75) is 45.2 Å². The molecule has 6 heteroatoms. The number of hydrogen-bond donors (Lipinski definition) is 2. The first kappa shape index (κ1) is 19.5. The van der Waals surface area contributed by atoms with Crippen molar-refractivity contribution >= 4 is 11.6 Å². The summed E-state index contributed by atoms with van der Waals surface area (Å²) in [6.45, 7) is 7.47. The molecule has 6 nitrogen and oxygen atoms in total. The minimum Gasteiger partial charge on any atom is -0.497 e. The van der Waals surface area contributed by atoms with Gasteiger partial charge in [0.2, 0.25) is 5.91 Å². The highest BCUT2D eigenvalue weighted by Crippen LogP contribution is 2.29. The lowest BCUT2D eigenvalue weighted by atomic mass is 10.1. The minimum absolute atomic E-state index is 0.0367. The standard InChI is InChI=1S/C19H31N3O3/c1-5-22-10-6-7-15(22)13-20-14(2)11-19(23)21-17-12-16(24-3)8-9-18(17)25-4/h8-9,12,14-15,20H,5-7,10-11,13H2,1-4H3,(H,21,23). The summed E-state index contributed by atoms with van der Waals surface area (Å²) in [6.07, 6.45) is 2.92. The molecule has 25 heavy (non-hydrogen) atoms. The van der Waals surface area contributed by atoms with Gasteiger partial charge in [-0.15, -0.1) is 0 Å². The number of carbonyl (C=O) groups is 1. The fourth-order valence-electron chi connectivity index (χ4n) is 3.34. The molecule has 1 heterocycles. The lowest BCUT2D eigenvalue weighted by molar-refractivity contribution is -0.116. The molecule has 0 bridgehead atoms. The summed E-state index contributed by atoms with van der Waals surface area (Å²) in [4.78, 5) is 14.9. The molecule has 1 aromatic carbocycles. The molecule has 2 atom stereocenters. The number of hydrogen-bond acceptors (Lipinski definition) is 5. The third-order valence-electron chi connectivity index (χ3n) is 4.78. The van der Waals surface area contributed by atoms with Crippen LogP contribution in [0, 0.1) is 0 Å². The highest BCUT2D eigenvalue weighted by Gasteiger charge is 2.23. The Kier molecular flexibility index (Phi) is 7.52. The maximum absolute atomic E-state index is 12.3. The Labute approximate surface area is 150 Å². The first-order valence-electron chi connectivity index (χ1n) is 9.06. The number of amides is 1. The van der Waals surface area contributed by atoms with Gasteiger partial charge in [0.05, 0.1) is 19.9 Å². The number of benzene rings is 1. The largest absolute Gasteiger partial charge is 0.497 e. The van der Waals surface area contributed by atoms with Gasteiger partial charge in [0.1, 0.15) is 11.5 Å². The number of carbonyl (C=O) groups excluding carboxylic acids is 1. The summed E-state index contributed by atoms with van der Waals surface area (Å²) in [5, 5.41) is 6.42. The summed E-state index contributed by atoms with van der Waals surface area (Å²) < 4.78 is 10.5. The normalized spacial score (nSPS) is 18.8. The Morgan fingerprint density at radius 1 is 1.36 bits per heavy atom. The average Bonchev–Trinajstić information content (AvgIpc) is 3.07. The Bertz CT molecular complexity index is 565. The van der Waals surface area contributed by atoms with Crippen molar-refractivity contribution in [1.82, 2.24) is 10.2 Å². The van der Waals surface area contributed by atoms with Gasteiger partial charge in [0.15, 0.2) is 0 Å². The van der Waals surface area contributed by atoms with Gasteiger partial charge >= 0.3 is 0 Å². The molecule has 0 spiro atoms. The Hall–Kier alpha value is -1.79.